The van der Waals surface area contributed by atoms with E-state index < -0.39 is 0 Å². The first-order valence-electron chi connectivity index (χ1n) is 7.07. The molecule has 0 aliphatic heterocycles. The van der Waals surface area contributed by atoms with Crippen LogP contribution in [0.3, 0.4) is 0 Å². The van der Waals surface area contributed by atoms with Gasteiger partial charge >= 0.3 is 0 Å². The smallest absolute Gasteiger partial charge is 0.231 e. The zero-order valence-corrected chi connectivity index (χ0v) is 13.6. The summed E-state index contributed by atoms with van der Waals surface area (Å²) in [4.78, 5) is 12.9. The fourth-order valence-electron chi connectivity index (χ4n) is 2.13. The molecular formula is C15H16N4OS2. The first-order valence-corrected chi connectivity index (χ1v) is 8.93. The van der Waals surface area contributed by atoms with Crippen LogP contribution < -0.4 is 5.32 Å². The Morgan fingerprint density at radius 2 is 2.41 bits per heavy atom. The molecule has 0 radical (unpaired) electrons. The Bertz CT molecular complexity index is 683. The van der Waals surface area contributed by atoms with E-state index in [1.165, 1.54) is 16.6 Å². The summed E-state index contributed by atoms with van der Waals surface area (Å²) < 4.78 is 2.19. The normalized spacial score (nSPS) is 13.8. The minimum atomic E-state index is -0.0758. The molecule has 1 N–H and O–H groups in total. The van der Waals surface area contributed by atoms with Crippen molar-refractivity contribution >= 4 is 29.0 Å². The van der Waals surface area contributed by atoms with Crippen molar-refractivity contribution in [3.63, 3.8) is 0 Å². The summed E-state index contributed by atoms with van der Waals surface area (Å²) in [6.07, 6.45) is 8.24. The lowest BCUT2D eigenvalue weighted by Crippen LogP contribution is -2.25. The molecule has 0 bridgehead atoms. The van der Waals surface area contributed by atoms with Gasteiger partial charge in [0.05, 0.1) is 12.3 Å². The van der Waals surface area contributed by atoms with E-state index in [2.05, 4.69) is 37.4 Å². The van der Waals surface area contributed by atoms with Crippen LogP contribution in [0.4, 0.5) is 0 Å². The minimum Gasteiger partial charge on any atom is -0.344 e. The molecule has 1 amide bonds. The third kappa shape index (κ3) is 3.70. The Kier molecular flexibility index (Phi) is 4.80. The maximum atomic E-state index is 11.7. The van der Waals surface area contributed by atoms with Crippen molar-refractivity contribution in [1.82, 2.24) is 20.1 Å². The second-order valence-electron chi connectivity index (χ2n) is 5.03. The second kappa shape index (κ2) is 6.99. The summed E-state index contributed by atoms with van der Waals surface area (Å²) in [5, 5.41) is 14.1. The van der Waals surface area contributed by atoms with Crippen molar-refractivity contribution in [3.05, 3.63) is 28.2 Å². The van der Waals surface area contributed by atoms with Crippen molar-refractivity contribution in [2.45, 2.75) is 30.5 Å². The molecular weight excluding hydrogens is 316 g/mol. The number of carbonyl (C=O) groups excluding carboxylic acids is 1. The molecule has 0 atom stereocenters. The standard InChI is InChI=1S/C15H16N4OS2/c1-2-7-16-14(20)10-22-15-18-17-13(19(15)11-5-6-11)9-12-4-3-8-21-12/h1,3-4,8,11H,5-7,9-10H2,(H,16,20). The predicted molar refractivity (Wildman–Crippen MR) is 88.0 cm³/mol. The van der Waals surface area contributed by atoms with Crippen LogP contribution in [0.2, 0.25) is 0 Å². The average Bonchev–Trinajstić information content (AvgIpc) is 3.07. The molecule has 5 nitrogen and oxygen atoms in total. The van der Waals surface area contributed by atoms with Gasteiger partial charge in [-0.25, -0.2) is 0 Å². The van der Waals surface area contributed by atoms with Crippen LogP contribution in [-0.4, -0.2) is 33.0 Å². The molecule has 2 aromatic heterocycles. The molecule has 0 unspecified atom stereocenters. The molecule has 0 aromatic carbocycles. The number of hydrogen-bond donors (Lipinski definition) is 1. The number of amides is 1. The lowest BCUT2D eigenvalue weighted by molar-refractivity contribution is -0.118. The van der Waals surface area contributed by atoms with Gasteiger partial charge in [0.1, 0.15) is 5.82 Å². The Labute approximate surface area is 137 Å². The fraction of sp³-hybridized carbons (Fsp3) is 0.400. The highest BCUT2D eigenvalue weighted by Crippen LogP contribution is 2.39. The minimum absolute atomic E-state index is 0.0758. The molecule has 1 fully saturated rings. The summed E-state index contributed by atoms with van der Waals surface area (Å²) >= 11 is 3.14. The largest absolute Gasteiger partial charge is 0.344 e. The van der Waals surface area contributed by atoms with Crippen molar-refractivity contribution < 1.29 is 4.79 Å². The Morgan fingerprint density at radius 3 is 3.09 bits per heavy atom. The third-order valence-corrected chi connectivity index (χ3v) is 5.10. The van der Waals surface area contributed by atoms with Crippen LogP contribution in [0.15, 0.2) is 22.7 Å². The molecule has 114 valence electrons. The zero-order valence-electron chi connectivity index (χ0n) is 12.0. The van der Waals surface area contributed by atoms with Gasteiger partial charge in [0.15, 0.2) is 5.16 Å². The third-order valence-electron chi connectivity index (χ3n) is 3.28. The molecule has 7 heteroatoms. The Hall–Kier alpha value is -1.78. The number of nitrogens with one attached hydrogen (secondary N) is 1. The van der Waals surface area contributed by atoms with Crippen molar-refractivity contribution in [1.29, 1.82) is 0 Å². The fourth-order valence-corrected chi connectivity index (χ4v) is 3.68. The highest BCUT2D eigenvalue weighted by molar-refractivity contribution is 7.99. The monoisotopic (exact) mass is 332 g/mol. The van der Waals surface area contributed by atoms with E-state index in [1.807, 2.05) is 6.07 Å². The molecule has 2 aromatic rings. The topological polar surface area (TPSA) is 59.8 Å². The highest BCUT2D eigenvalue weighted by atomic mass is 32.2. The van der Waals surface area contributed by atoms with Crippen LogP contribution >= 0.6 is 23.1 Å². The van der Waals surface area contributed by atoms with E-state index in [9.17, 15) is 4.79 Å². The Balaban J connectivity index is 1.68. The summed E-state index contributed by atoms with van der Waals surface area (Å²) in [6.45, 7) is 0.262. The van der Waals surface area contributed by atoms with E-state index >= 15 is 0 Å². The van der Waals surface area contributed by atoms with Gasteiger partial charge in [-0.05, 0) is 24.3 Å². The average molecular weight is 332 g/mol. The Morgan fingerprint density at radius 1 is 1.55 bits per heavy atom. The number of thiophene rings is 1. The predicted octanol–water partition coefficient (Wildman–Crippen LogP) is 2.11. The highest BCUT2D eigenvalue weighted by Gasteiger charge is 2.29. The summed E-state index contributed by atoms with van der Waals surface area (Å²) in [5.74, 6) is 3.61. The van der Waals surface area contributed by atoms with Crippen LogP contribution in [0.25, 0.3) is 0 Å². The molecule has 3 rings (SSSR count). The number of thioether (sulfide) groups is 1. The van der Waals surface area contributed by atoms with Crippen molar-refractivity contribution in [3.8, 4) is 12.3 Å². The van der Waals surface area contributed by atoms with Gasteiger partial charge in [0.2, 0.25) is 5.91 Å². The van der Waals surface area contributed by atoms with E-state index in [0.717, 1.165) is 30.2 Å². The zero-order chi connectivity index (χ0) is 15.4. The van der Waals surface area contributed by atoms with Gasteiger partial charge in [-0.2, -0.15) is 0 Å². The molecule has 0 saturated heterocycles. The van der Waals surface area contributed by atoms with E-state index in [1.54, 1.807) is 11.3 Å². The van der Waals surface area contributed by atoms with Gasteiger partial charge in [0.25, 0.3) is 0 Å². The van der Waals surface area contributed by atoms with Gasteiger partial charge in [0, 0.05) is 17.3 Å². The molecule has 2 heterocycles. The number of hydrogen-bond acceptors (Lipinski definition) is 5. The van der Waals surface area contributed by atoms with Gasteiger partial charge in [-0.15, -0.1) is 28.0 Å². The lowest BCUT2D eigenvalue weighted by atomic mass is 10.3. The van der Waals surface area contributed by atoms with Gasteiger partial charge in [-0.1, -0.05) is 23.7 Å². The lowest BCUT2D eigenvalue weighted by Gasteiger charge is -2.08. The SMILES string of the molecule is C#CCNC(=O)CSc1nnc(Cc2cccs2)n1C1CC1. The molecule has 1 saturated carbocycles. The first kappa shape index (κ1) is 15.1. The number of aromatic nitrogens is 3. The van der Waals surface area contributed by atoms with Crippen molar-refractivity contribution in [2.75, 3.05) is 12.3 Å². The molecule has 1 aliphatic carbocycles. The van der Waals surface area contributed by atoms with Gasteiger partial charge < -0.3 is 9.88 Å². The first-order chi connectivity index (χ1) is 10.8. The van der Waals surface area contributed by atoms with Crippen LogP contribution in [0, 0.1) is 12.3 Å². The van der Waals surface area contributed by atoms with Crippen molar-refractivity contribution in [2.24, 2.45) is 0 Å². The maximum Gasteiger partial charge on any atom is 0.231 e. The molecule has 0 spiro atoms. The quantitative estimate of drug-likeness (QED) is 0.623. The molecule has 1 aliphatic rings. The molecule has 22 heavy (non-hydrogen) atoms. The summed E-state index contributed by atoms with van der Waals surface area (Å²) in [6, 6.07) is 4.64. The van der Waals surface area contributed by atoms with E-state index in [4.69, 9.17) is 6.42 Å². The van der Waals surface area contributed by atoms with Gasteiger partial charge in [-0.3, -0.25) is 4.79 Å². The summed E-state index contributed by atoms with van der Waals surface area (Å²) in [7, 11) is 0. The van der Waals surface area contributed by atoms with Crippen LogP contribution in [0.1, 0.15) is 29.6 Å². The number of carbonyl (C=O) groups is 1. The number of nitrogens with zero attached hydrogens (tertiary/aromatic N) is 3. The van der Waals surface area contributed by atoms with E-state index in [0.29, 0.717) is 11.8 Å². The number of terminal acetylenes is 1. The van der Waals surface area contributed by atoms with Crippen LogP contribution in [-0.2, 0) is 11.2 Å². The summed E-state index contributed by atoms with van der Waals surface area (Å²) in [5.41, 5.74) is 0. The second-order valence-corrected chi connectivity index (χ2v) is 7.00. The number of rotatable bonds is 7. The van der Waals surface area contributed by atoms with E-state index in [-0.39, 0.29) is 12.5 Å². The maximum absolute atomic E-state index is 11.7. The van der Waals surface area contributed by atoms with Crippen LogP contribution in [0.5, 0.6) is 0 Å².